The molecule has 0 spiro atoms. The van der Waals surface area contributed by atoms with E-state index in [1.54, 1.807) is 18.4 Å². The summed E-state index contributed by atoms with van der Waals surface area (Å²) in [6, 6.07) is 8.24. The molecule has 7 nitrogen and oxygen atoms in total. The predicted octanol–water partition coefficient (Wildman–Crippen LogP) is 2.98. The van der Waals surface area contributed by atoms with Crippen LogP contribution in [0.2, 0.25) is 0 Å². The molecule has 0 saturated heterocycles. The Bertz CT molecular complexity index is 836. The lowest BCUT2D eigenvalue weighted by Crippen LogP contribution is -2.39. The number of aromatic nitrogens is 1. The fraction of sp³-hybridized carbons (Fsp3) is 0.476. The molecule has 1 fully saturated rings. The van der Waals surface area contributed by atoms with Gasteiger partial charge in [0.2, 0.25) is 0 Å². The minimum Gasteiger partial charge on any atom is -0.484 e. The van der Waals surface area contributed by atoms with Gasteiger partial charge in [0.05, 0.1) is 17.2 Å². The fourth-order valence-corrected chi connectivity index (χ4v) is 3.50. The minimum atomic E-state index is -0.0518. The second-order valence-electron chi connectivity index (χ2n) is 7.21. The summed E-state index contributed by atoms with van der Waals surface area (Å²) in [6.45, 7) is 3.58. The Balaban J connectivity index is 0.00000320. The van der Waals surface area contributed by atoms with Crippen molar-refractivity contribution in [1.82, 2.24) is 20.5 Å². The van der Waals surface area contributed by atoms with Gasteiger partial charge in [-0.15, -0.1) is 35.3 Å². The van der Waals surface area contributed by atoms with E-state index in [-0.39, 0.29) is 36.5 Å². The molecule has 0 radical (unpaired) electrons. The van der Waals surface area contributed by atoms with Crippen LogP contribution in [-0.4, -0.2) is 55.0 Å². The second kappa shape index (κ2) is 12.1. The van der Waals surface area contributed by atoms with Crippen molar-refractivity contribution in [2.45, 2.75) is 38.8 Å². The molecule has 1 aromatic carbocycles. The molecule has 9 heteroatoms. The number of aryl methyl sites for hydroxylation is 1. The number of amides is 1. The summed E-state index contributed by atoms with van der Waals surface area (Å²) in [5.41, 5.74) is 2.25. The third kappa shape index (κ3) is 8.10. The van der Waals surface area contributed by atoms with Crippen LogP contribution < -0.4 is 15.4 Å². The smallest absolute Gasteiger partial charge is 0.258 e. The third-order valence-electron chi connectivity index (χ3n) is 4.57. The van der Waals surface area contributed by atoms with Crippen molar-refractivity contribution in [3.05, 3.63) is 45.9 Å². The van der Waals surface area contributed by atoms with Crippen LogP contribution in [0, 0.1) is 6.92 Å². The molecule has 1 saturated carbocycles. The number of aliphatic imine (C=N–C) groups is 1. The monoisotopic (exact) mass is 543 g/mol. The van der Waals surface area contributed by atoms with E-state index in [2.05, 4.69) is 30.9 Å². The number of ether oxygens (including phenoxy) is 1. The highest BCUT2D eigenvalue weighted by molar-refractivity contribution is 14.0. The molecule has 3 rings (SSSR count). The maximum atomic E-state index is 11.7. The van der Waals surface area contributed by atoms with Gasteiger partial charge in [-0.05, 0) is 43.9 Å². The Morgan fingerprint density at radius 1 is 1.33 bits per heavy atom. The van der Waals surface area contributed by atoms with Crippen molar-refractivity contribution >= 4 is 47.2 Å². The molecule has 0 unspecified atom stereocenters. The first-order valence-electron chi connectivity index (χ1n) is 9.87. The van der Waals surface area contributed by atoms with Gasteiger partial charge in [0.25, 0.3) is 5.91 Å². The van der Waals surface area contributed by atoms with Crippen LogP contribution in [0.4, 0.5) is 0 Å². The fourth-order valence-electron chi connectivity index (χ4n) is 2.90. The molecular weight excluding hydrogens is 513 g/mol. The van der Waals surface area contributed by atoms with E-state index in [9.17, 15) is 4.79 Å². The number of thiazole rings is 1. The molecule has 2 N–H and O–H groups in total. The van der Waals surface area contributed by atoms with Crippen molar-refractivity contribution < 1.29 is 9.53 Å². The van der Waals surface area contributed by atoms with E-state index in [0.29, 0.717) is 11.8 Å². The largest absolute Gasteiger partial charge is 0.484 e. The summed E-state index contributed by atoms with van der Waals surface area (Å²) >= 11 is 1.66. The Kier molecular flexibility index (Phi) is 9.83. The van der Waals surface area contributed by atoms with Crippen LogP contribution in [0.5, 0.6) is 5.75 Å². The van der Waals surface area contributed by atoms with Gasteiger partial charge < -0.3 is 20.3 Å². The Morgan fingerprint density at radius 2 is 2.07 bits per heavy atom. The van der Waals surface area contributed by atoms with Gasteiger partial charge in [0.1, 0.15) is 5.75 Å². The van der Waals surface area contributed by atoms with E-state index in [0.717, 1.165) is 49.0 Å². The zero-order valence-corrected chi connectivity index (χ0v) is 20.8. The van der Waals surface area contributed by atoms with E-state index in [1.807, 2.05) is 38.2 Å². The van der Waals surface area contributed by atoms with E-state index < -0.39 is 0 Å². The molecule has 1 aromatic heterocycles. The summed E-state index contributed by atoms with van der Waals surface area (Å²) in [4.78, 5) is 22.6. The lowest BCUT2D eigenvalue weighted by atomic mass is 10.1. The van der Waals surface area contributed by atoms with Crippen molar-refractivity contribution in [3.8, 4) is 5.75 Å². The molecule has 1 aliphatic carbocycles. The van der Waals surface area contributed by atoms with Gasteiger partial charge in [-0.1, -0.05) is 12.1 Å². The molecule has 164 valence electrons. The Morgan fingerprint density at radius 3 is 2.67 bits per heavy atom. The highest BCUT2D eigenvalue weighted by atomic mass is 127. The van der Waals surface area contributed by atoms with Crippen LogP contribution >= 0.6 is 35.3 Å². The van der Waals surface area contributed by atoms with Gasteiger partial charge in [-0.25, -0.2) is 4.98 Å². The second-order valence-corrected chi connectivity index (χ2v) is 8.27. The molecule has 0 aliphatic heterocycles. The molecule has 0 atom stereocenters. The van der Waals surface area contributed by atoms with Crippen LogP contribution in [0.15, 0.2) is 34.6 Å². The topological polar surface area (TPSA) is 78.9 Å². The molecule has 1 amide bonds. The van der Waals surface area contributed by atoms with Crippen LogP contribution in [0.25, 0.3) is 0 Å². The lowest BCUT2D eigenvalue weighted by molar-refractivity contribution is -0.123. The van der Waals surface area contributed by atoms with Gasteiger partial charge in [-0.2, -0.15) is 0 Å². The van der Waals surface area contributed by atoms with Crippen LogP contribution in [0.3, 0.4) is 0 Å². The summed E-state index contributed by atoms with van der Waals surface area (Å²) in [6.07, 6.45) is 3.03. The average Bonchev–Trinajstić information content (AvgIpc) is 3.43. The maximum absolute atomic E-state index is 11.7. The van der Waals surface area contributed by atoms with Crippen LogP contribution in [-0.2, 0) is 17.8 Å². The van der Waals surface area contributed by atoms with Crippen molar-refractivity contribution in [2.24, 2.45) is 4.99 Å². The number of hydrogen-bond acceptors (Lipinski definition) is 5. The quantitative estimate of drug-likeness (QED) is 0.289. The first-order chi connectivity index (χ1) is 14.0. The van der Waals surface area contributed by atoms with E-state index in [4.69, 9.17) is 4.74 Å². The molecule has 0 bridgehead atoms. The molecule has 30 heavy (non-hydrogen) atoms. The number of halogens is 1. The standard InChI is InChI=1S/C21H29N5O2S.HI/c1-15-24-18(14-29-15)12-26(3)21(22-2)23-11-10-16-4-8-19(9-5-16)28-13-20(27)25-17-6-7-17;/h4-5,8-9,14,17H,6-7,10-13H2,1-3H3,(H,22,23)(H,25,27);1H. The zero-order valence-electron chi connectivity index (χ0n) is 17.7. The van der Waals surface area contributed by atoms with Gasteiger partial charge in [-0.3, -0.25) is 9.79 Å². The van der Waals surface area contributed by atoms with Crippen LogP contribution in [0.1, 0.15) is 29.1 Å². The SMILES string of the molecule is CN=C(NCCc1ccc(OCC(=O)NC2CC2)cc1)N(C)Cc1csc(C)n1.I. The molecule has 2 aromatic rings. The summed E-state index contributed by atoms with van der Waals surface area (Å²) in [7, 11) is 3.80. The lowest BCUT2D eigenvalue weighted by Gasteiger charge is -2.21. The number of guanidine groups is 1. The first kappa shape index (κ1) is 24.4. The van der Waals surface area contributed by atoms with Crippen molar-refractivity contribution in [2.75, 3.05) is 27.2 Å². The van der Waals surface area contributed by atoms with Crippen molar-refractivity contribution in [3.63, 3.8) is 0 Å². The number of carbonyl (C=O) groups excluding carboxylic acids is 1. The summed E-state index contributed by atoms with van der Waals surface area (Å²) < 4.78 is 5.54. The van der Waals surface area contributed by atoms with Gasteiger partial charge in [0, 0.05) is 32.1 Å². The Hall–Kier alpha value is -1.88. The summed E-state index contributed by atoms with van der Waals surface area (Å²) in [5, 5.41) is 9.46. The zero-order chi connectivity index (χ0) is 20.6. The van der Waals surface area contributed by atoms with E-state index >= 15 is 0 Å². The van der Waals surface area contributed by atoms with Crippen molar-refractivity contribution in [1.29, 1.82) is 0 Å². The third-order valence-corrected chi connectivity index (χ3v) is 5.39. The van der Waals surface area contributed by atoms with Gasteiger partial charge >= 0.3 is 0 Å². The number of nitrogens with zero attached hydrogens (tertiary/aromatic N) is 3. The van der Waals surface area contributed by atoms with E-state index in [1.165, 1.54) is 5.56 Å². The number of carbonyl (C=O) groups is 1. The molecule has 1 heterocycles. The minimum absolute atomic E-state index is 0. The predicted molar refractivity (Wildman–Crippen MR) is 132 cm³/mol. The molecular formula is C21H30IN5O2S. The normalized spacial score (nSPS) is 13.4. The maximum Gasteiger partial charge on any atom is 0.258 e. The highest BCUT2D eigenvalue weighted by Crippen LogP contribution is 2.18. The van der Waals surface area contributed by atoms with Gasteiger partial charge in [0.15, 0.2) is 12.6 Å². The highest BCUT2D eigenvalue weighted by Gasteiger charge is 2.23. The first-order valence-corrected chi connectivity index (χ1v) is 10.8. The number of rotatable bonds is 9. The summed E-state index contributed by atoms with van der Waals surface area (Å²) in [5.74, 6) is 1.50. The Labute approximate surface area is 199 Å². The average molecular weight is 543 g/mol. The number of nitrogens with one attached hydrogen (secondary N) is 2. The number of benzene rings is 1. The number of hydrogen-bond donors (Lipinski definition) is 2. The molecule has 1 aliphatic rings.